The SMILES string of the molecule is N#CC1C(=O)c2c([nH]c3ccccc23)-c2[nH]c3ccccc3c2C1c1ccc(Cl)cc1. The van der Waals surface area contributed by atoms with Crippen LogP contribution < -0.4 is 0 Å². The number of hydrogen-bond donors (Lipinski definition) is 2. The van der Waals surface area contributed by atoms with E-state index in [9.17, 15) is 10.1 Å². The summed E-state index contributed by atoms with van der Waals surface area (Å²) in [6.45, 7) is 0. The number of nitrogens with zero attached hydrogens (tertiary/aromatic N) is 1. The summed E-state index contributed by atoms with van der Waals surface area (Å²) in [7, 11) is 0. The first kappa shape index (κ1) is 18.0. The van der Waals surface area contributed by atoms with Gasteiger partial charge in [-0.05, 0) is 35.4 Å². The summed E-state index contributed by atoms with van der Waals surface area (Å²) < 4.78 is 0. The maximum absolute atomic E-state index is 13.8. The molecule has 148 valence electrons. The number of carbonyl (C=O) groups is 1. The van der Waals surface area contributed by atoms with Gasteiger partial charge < -0.3 is 9.97 Å². The molecule has 0 fully saturated rings. The van der Waals surface area contributed by atoms with Gasteiger partial charge in [-0.15, -0.1) is 0 Å². The number of aromatic nitrogens is 2. The number of para-hydroxylation sites is 2. The van der Waals surface area contributed by atoms with Crippen molar-refractivity contribution in [3.05, 3.63) is 94.5 Å². The molecule has 2 heterocycles. The molecule has 0 saturated heterocycles. The fourth-order valence-electron chi connectivity index (χ4n) is 4.91. The van der Waals surface area contributed by atoms with E-state index in [-0.39, 0.29) is 5.78 Å². The summed E-state index contributed by atoms with van der Waals surface area (Å²) in [5.74, 6) is -1.44. The molecule has 0 spiro atoms. The van der Waals surface area contributed by atoms with Gasteiger partial charge in [-0.3, -0.25) is 4.79 Å². The van der Waals surface area contributed by atoms with Gasteiger partial charge >= 0.3 is 0 Å². The number of Topliss-reactive ketones (excluding diaryl/α,β-unsaturated/α-hetero) is 1. The number of rotatable bonds is 1. The fraction of sp³-hybridized carbons (Fsp3) is 0.0769. The summed E-state index contributed by atoms with van der Waals surface area (Å²) in [6.07, 6.45) is 0. The van der Waals surface area contributed by atoms with Gasteiger partial charge in [-0.1, -0.05) is 60.1 Å². The van der Waals surface area contributed by atoms with E-state index in [1.165, 1.54) is 0 Å². The van der Waals surface area contributed by atoms with Crippen LogP contribution >= 0.6 is 11.6 Å². The van der Waals surface area contributed by atoms with Gasteiger partial charge in [0.1, 0.15) is 5.92 Å². The van der Waals surface area contributed by atoms with Crippen LogP contribution in [0.5, 0.6) is 0 Å². The van der Waals surface area contributed by atoms with Crippen LogP contribution in [0.3, 0.4) is 0 Å². The smallest absolute Gasteiger partial charge is 0.183 e. The molecule has 2 atom stereocenters. The van der Waals surface area contributed by atoms with Crippen molar-refractivity contribution in [1.82, 2.24) is 9.97 Å². The van der Waals surface area contributed by atoms with Gasteiger partial charge in [0.15, 0.2) is 5.78 Å². The minimum atomic E-state index is -0.861. The molecule has 2 aromatic heterocycles. The Kier molecular flexibility index (Phi) is 3.83. The van der Waals surface area contributed by atoms with E-state index >= 15 is 0 Å². The lowest BCUT2D eigenvalue weighted by Crippen LogP contribution is -2.21. The summed E-state index contributed by atoms with van der Waals surface area (Å²) in [5.41, 5.74) is 5.89. The predicted octanol–water partition coefficient (Wildman–Crippen LogP) is 6.44. The van der Waals surface area contributed by atoms with E-state index in [1.54, 1.807) is 0 Å². The van der Waals surface area contributed by atoms with Crippen LogP contribution in [-0.2, 0) is 0 Å². The van der Waals surface area contributed by atoms with E-state index in [2.05, 4.69) is 16.0 Å². The van der Waals surface area contributed by atoms with Crippen molar-refractivity contribution in [2.75, 3.05) is 0 Å². The highest BCUT2D eigenvalue weighted by Crippen LogP contribution is 2.48. The highest BCUT2D eigenvalue weighted by atomic mass is 35.5. The predicted molar refractivity (Wildman–Crippen MR) is 122 cm³/mol. The highest BCUT2D eigenvalue weighted by molar-refractivity contribution is 6.30. The van der Waals surface area contributed by atoms with Crippen molar-refractivity contribution in [3.63, 3.8) is 0 Å². The molecule has 0 saturated carbocycles. The second-order valence-corrected chi connectivity index (χ2v) is 8.32. The van der Waals surface area contributed by atoms with Gasteiger partial charge in [0.2, 0.25) is 0 Å². The third-order valence-corrected chi connectivity index (χ3v) is 6.50. The third kappa shape index (κ3) is 2.51. The summed E-state index contributed by atoms with van der Waals surface area (Å²) in [5, 5.41) is 12.7. The third-order valence-electron chi connectivity index (χ3n) is 6.24. The number of H-pyrrole nitrogens is 2. The first-order valence-electron chi connectivity index (χ1n) is 10.1. The summed E-state index contributed by atoms with van der Waals surface area (Å²) >= 11 is 6.13. The molecule has 3 aromatic carbocycles. The quantitative estimate of drug-likeness (QED) is 0.327. The average Bonchev–Trinajstić information content (AvgIpc) is 3.34. The van der Waals surface area contributed by atoms with Crippen LogP contribution in [-0.4, -0.2) is 15.8 Å². The average molecular weight is 422 g/mol. The van der Waals surface area contributed by atoms with Gasteiger partial charge in [0, 0.05) is 32.7 Å². The number of fused-ring (bicyclic) bond motifs is 7. The van der Waals surface area contributed by atoms with Crippen molar-refractivity contribution >= 4 is 39.2 Å². The Morgan fingerprint density at radius 2 is 1.42 bits per heavy atom. The first-order chi connectivity index (χ1) is 15.2. The number of nitrogens with one attached hydrogen (secondary N) is 2. The van der Waals surface area contributed by atoms with Crippen LogP contribution in [0.2, 0.25) is 5.02 Å². The molecule has 4 nitrogen and oxygen atoms in total. The van der Waals surface area contributed by atoms with Gasteiger partial charge in [-0.2, -0.15) is 5.26 Å². The largest absolute Gasteiger partial charge is 0.353 e. The van der Waals surface area contributed by atoms with E-state index in [4.69, 9.17) is 11.6 Å². The summed E-state index contributed by atoms with van der Waals surface area (Å²) in [6, 6.07) is 25.5. The van der Waals surface area contributed by atoms with Crippen LogP contribution in [0.4, 0.5) is 0 Å². The Labute approximate surface area is 183 Å². The molecule has 0 amide bonds. The monoisotopic (exact) mass is 421 g/mol. The van der Waals surface area contributed by atoms with Crippen molar-refractivity contribution in [2.45, 2.75) is 5.92 Å². The van der Waals surface area contributed by atoms with E-state index in [0.717, 1.165) is 44.3 Å². The zero-order chi connectivity index (χ0) is 21.1. The molecule has 2 N–H and O–H groups in total. The number of carbonyl (C=O) groups excluding carboxylic acids is 1. The standard InChI is InChI=1S/C26H16ClN3O/c27-15-11-9-14(10-12-15)21-18(13-28)26(31)23-17-6-2-4-8-20(17)30-25(23)24-22(21)16-5-1-3-7-19(16)29-24/h1-12,18,21,29-30H. The topological polar surface area (TPSA) is 72.4 Å². The zero-order valence-corrected chi connectivity index (χ0v) is 17.1. The van der Waals surface area contributed by atoms with Crippen LogP contribution in [0.25, 0.3) is 33.2 Å². The van der Waals surface area contributed by atoms with Crippen molar-refractivity contribution < 1.29 is 4.79 Å². The lowest BCUT2D eigenvalue weighted by Gasteiger charge is -2.21. The molecule has 0 aliphatic heterocycles. The Morgan fingerprint density at radius 1 is 0.806 bits per heavy atom. The minimum Gasteiger partial charge on any atom is -0.353 e. The Balaban J connectivity index is 1.77. The van der Waals surface area contributed by atoms with Crippen molar-refractivity contribution in [3.8, 4) is 17.5 Å². The van der Waals surface area contributed by atoms with Crippen LogP contribution in [0, 0.1) is 17.2 Å². The fourth-order valence-corrected chi connectivity index (χ4v) is 5.03. The molecule has 1 aliphatic carbocycles. The lowest BCUT2D eigenvalue weighted by molar-refractivity contribution is 0.0944. The number of aromatic amines is 2. The lowest BCUT2D eigenvalue weighted by atomic mass is 9.78. The number of nitriles is 1. The number of ketones is 1. The van der Waals surface area contributed by atoms with Gasteiger partial charge in [0.05, 0.1) is 23.0 Å². The van der Waals surface area contributed by atoms with Crippen LogP contribution in [0.1, 0.15) is 27.4 Å². The second kappa shape index (κ2) is 6.60. The molecule has 1 aliphatic rings. The molecule has 5 heteroatoms. The normalized spacial score (nSPS) is 17.9. The molecule has 2 unspecified atom stereocenters. The Morgan fingerprint density at radius 3 is 2.13 bits per heavy atom. The second-order valence-electron chi connectivity index (χ2n) is 7.88. The van der Waals surface area contributed by atoms with E-state index in [1.807, 2.05) is 72.8 Å². The zero-order valence-electron chi connectivity index (χ0n) is 16.3. The Hall–Kier alpha value is -3.81. The molecular weight excluding hydrogens is 406 g/mol. The van der Waals surface area contributed by atoms with E-state index in [0.29, 0.717) is 10.6 Å². The molecular formula is C26H16ClN3O. The highest BCUT2D eigenvalue weighted by Gasteiger charge is 2.41. The van der Waals surface area contributed by atoms with E-state index < -0.39 is 11.8 Å². The van der Waals surface area contributed by atoms with Gasteiger partial charge in [0.25, 0.3) is 0 Å². The number of benzene rings is 3. The number of hydrogen-bond acceptors (Lipinski definition) is 2. The maximum Gasteiger partial charge on any atom is 0.183 e. The molecule has 0 bridgehead atoms. The maximum atomic E-state index is 13.8. The molecule has 0 radical (unpaired) electrons. The minimum absolute atomic E-state index is 0.163. The van der Waals surface area contributed by atoms with Crippen molar-refractivity contribution in [1.29, 1.82) is 5.26 Å². The number of halogens is 1. The molecule has 6 rings (SSSR count). The molecule has 31 heavy (non-hydrogen) atoms. The summed E-state index contributed by atoms with van der Waals surface area (Å²) in [4.78, 5) is 20.8. The Bertz CT molecular complexity index is 1540. The van der Waals surface area contributed by atoms with Gasteiger partial charge in [-0.25, -0.2) is 0 Å². The van der Waals surface area contributed by atoms with Crippen LogP contribution in [0.15, 0.2) is 72.8 Å². The van der Waals surface area contributed by atoms with Crippen molar-refractivity contribution in [2.24, 2.45) is 5.92 Å². The first-order valence-corrected chi connectivity index (χ1v) is 10.5. The molecule has 5 aromatic rings.